The second-order valence-electron chi connectivity index (χ2n) is 9.61. The van der Waals surface area contributed by atoms with E-state index in [1.54, 1.807) is 18.0 Å². The number of rotatable bonds is 4. The lowest BCUT2D eigenvalue weighted by Gasteiger charge is -2.37. The average molecular weight is 539 g/mol. The zero-order valence-corrected chi connectivity index (χ0v) is 22.5. The molecule has 2 fully saturated rings. The van der Waals surface area contributed by atoms with Crippen molar-refractivity contribution in [3.63, 3.8) is 0 Å². The molecule has 2 aromatic carbocycles. The number of likely N-dealkylation sites (N-methyl/N-ethyl adjacent to an activating group) is 1. The third-order valence-electron chi connectivity index (χ3n) is 7.18. The van der Waals surface area contributed by atoms with Crippen molar-refractivity contribution in [3.8, 4) is 0 Å². The highest BCUT2D eigenvalue weighted by molar-refractivity contribution is 7.80. The third kappa shape index (κ3) is 5.63. The largest absolute Gasteiger partial charge is 0.347 e. The van der Waals surface area contributed by atoms with Gasteiger partial charge in [-0.2, -0.15) is 0 Å². The number of nitrogens with one attached hydrogen (secondary N) is 1. The maximum Gasteiger partial charge on any atom is 0.272 e. The van der Waals surface area contributed by atoms with Crippen molar-refractivity contribution in [1.82, 2.24) is 20.0 Å². The maximum absolute atomic E-state index is 13.5. The summed E-state index contributed by atoms with van der Waals surface area (Å²) in [5, 5.41) is 4.27. The van der Waals surface area contributed by atoms with Crippen molar-refractivity contribution in [3.05, 3.63) is 64.7 Å². The molecule has 1 N–H and O–H groups in total. The molecule has 10 heteroatoms. The summed E-state index contributed by atoms with van der Waals surface area (Å²) in [6.45, 7) is 5.04. The number of anilines is 1. The van der Waals surface area contributed by atoms with Crippen LogP contribution in [0.25, 0.3) is 0 Å². The predicted octanol–water partition coefficient (Wildman–Crippen LogP) is 2.59. The van der Waals surface area contributed by atoms with Crippen molar-refractivity contribution in [2.24, 2.45) is 4.99 Å². The Balaban J connectivity index is 1.30. The minimum Gasteiger partial charge on any atom is -0.347 e. The molecule has 5 rings (SSSR count). The molecular formula is C27H31ClN6O2S. The molecule has 0 spiro atoms. The Morgan fingerprint density at radius 3 is 2.43 bits per heavy atom. The normalized spacial score (nSPS) is 20.4. The van der Waals surface area contributed by atoms with Gasteiger partial charge in [-0.25, -0.2) is 4.99 Å². The summed E-state index contributed by atoms with van der Waals surface area (Å²) in [7, 11) is 1.74. The lowest BCUT2D eigenvalue weighted by Crippen LogP contribution is -2.56. The number of halogens is 1. The average Bonchev–Trinajstić information content (AvgIpc) is 3.43. The molecule has 1 atom stereocenters. The van der Waals surface area contributed by atoms with Crippen LogP contribution in [0.5, 0.6) is 0 Å². The lowest BCUT2D eigenvalue weighted by atomic mass is 10.0. The minimum absolute atomic E-state index is 0.202. The second-order valence-corrected chi connectivity index (χ2v) is 10.4. The molecule has 2 saturated heterocycles. The number of benzene rings is 2. The van der Waals surface area contributed by atoms with E-state index in [-0.39, 0.29) is 11.8 Å². The van der Waals surface area contributed by atoms with Gasteiger partial charge in [0.2, 0.25) is 12.1 Å². The van der Waals surface area contributed by atoms with Crippen molar-refractivity contribution >= 4 is 52.1 Å². The van der Waals surface area contributed by atoms with Crippen molar-refractivity contribution in [2.45, 2.75) is 19.0 Å². The van der Waals surface area contributed by atoms with Crippen LogP contribution in [0.1, 0.15) is 24.0 Å². The van der Waals surface area contributed by atoms with Gasteiger partial charge in [0.05, 0.1) is 17.9 Å². The van der Waals surface area contributed by atoms with E-state index in [2.05, 4.69) is 10.2 Å². The number of aliphatic imine (C=N–C) groups is 1. The first kappa shape index (κ1) is 25.6. The van der Waals surface area contributed by atoms with Gasteiger partial charge >= 0.3 is 0 Å². The lowest BCUT2D eigenvalue weighted by molar-refractivity contribution is -0.131. The molecule has 0 bridgehead atoms. The van der Waals surface area contributed by atoms with Crippen LogP contribution >= 0.6 is 23.8 Å². The monoisotopic (exact) mass is 538 g/mol. The zero-order chi connectivity index (χ0) is 25.9. The molecule has 0 saturated carbocycles. The molecule has 0 aromatic heterocycles. The molecule has 3 aliphatic rings. The zero-order valence-electron chi connectivity index (χ0n) is 20.9. The van der Waals surface area contributed by atoms with Crippen LogP contribution in [0.2, 0.25) is 5.02 Å². The smallest absolute Gasteiger partial charge is 0.272 e. The van der Waals surface area contributed by atoms with Crippen LogP contribution in [0.15, 0.2) is 53.5 Å². The van der Waals surface area contributed by atoms with Crippen LogP contribution in [-0.2, 0) is 9.59 Å². The van der Waals surface area contributed by atoms with E-state index in [0.29, 0.717) is 35.5 Å². The first-order valence-electron chi connectivity index (χ1n) is 12.7. The molecule has 2 aromatic rings. The molecule has 194 valence electrons. The molecule has 37 heavy (non-hydrogen) atoms. The van der Waals surface area contributed by atoms with Gasteiger partial charge in [-0.1, -0.05) is 41.9 Å². The van der Waals surface area contributed by atoms with E-state index in [4.69, 9.17) is 28.8 Å². The number of thiocarbonyl (C=S) groups is 1. The van der Waals surface area contributed by atoms with Crippen molar-refractivity contribution in [1.29, 1.82) is 0 Å². The van der Waals surface area contributed by atoms with E-state index in [1.165, 1.54) is 0 Å². The molecule has 1 unspecified atom stereocenters. The van der Waals surface area contributed by atoms with Crippen LogP contribution in [-0.4, -0.2) is 96.4 Å². The van der Waals surface area contributed by atoms with E-state index in [1.807, 2.05) is 52.3 Å². The van der Waals surface area contributed by atoms with E-state index in [9.17, 15) is 9.59 Å². The van der Waals surface area contributed by atoms with Gasteiger partial charge in [-0.3, -0.25) is 14.5 Å². The van der Waals surface area contributed by atoms with E-state index < -0.39 is 6.17 Å². The number of likely N-dealkylation sites (tertiary alicyclic amines) is 1. The minimum atomic E-state index is -0.881. The topological polar surface area (TPSA) is 71.5 Å². The Morgan fingerprint density at radius 2 is 1.73 bits per heavy atom. The Hall–Kier alpha value is -3.01. The molecule has 3 aliphatic heterocycles. The summed E-state index contributed by atoms with van der Waals surface area (Å²) in [6.07, 6.45) is 1.32. The summed E-state index contributed by atoms with van der Waals surface area (Å²) in [6, 6.07) is 15.2. The van der Waals surface area contributed by atoms with Crippen LogP contribution in [0.4, 0.5) is 5.69 Å². The highest BCUT2D eigenvalue weighted by Crippen LogP contribution is 2.30. The van der Waals surface area contributed by atoms with Crippen molar-refractivity contribution < 1.29 is 9.59 Å². The number of piperazine rings is 1. The van der Waals surface area contributed by atoms with Gasteiger partial charge in [0, 0.05) is 62.5 Å². The highest BCUT2D eigenvalue weighted by Gasteiger charge is 2.32. The summed E-state index contributed by atoms with van der Waals surface area (Å²) < 4.78 is 0. The van der Waals surface area contributed by atoms with E-state index in [0.717, 1.165) is 55.8 Å². The summed E-state index contributed by atoms with van der Waals surface area (Å²) in [5.41, 5.74) is 3.11. The van der Waals surface area contributed by atoms with Gasteiger partial charge in [-0.05, 0) is 43.3 Å². The van der Waals surface area contributed by atoms with Crippen LogP contribution in [0.3, 0.4) is 0 Å². The molecule has 2 amide bonds. The van der Waals surface area contributed by atoms with E-state index >= 15 is 0 Å². The number of hydrogen-bond donors (Lipinski definition) is 1. The standard InChI is InChI=1S/C27H31ClN6O2S/c1-31-22-10-9-20(28)17-21(22)24(19-7-3-2-4-8-19)29-25(26(31)36)30-27(37)34-15-13-32(14-16-34)18-23(35)33-11-5-6-12-33/h2-4,7-10,17,25H,5-6,11-16,18H2,1H3,(H,30,37). The molecule has 8 nitrogen and oxygen atoms in total. The predicted molar refractivity (Wildman–Crippen MR) is 150 cm³/mol. The fourth-order valence-corrected chi connectivity index (χ4v) is 5.51. The third-order valence-corrected chi connectivity index (χ3v) is 7.79. The number of carbonyl (C=O) groups is 2. The SMILES string of the molecule is CN1C(=O)C(NC(=S)N2CCN(CC(=O)N3CCCC3)CC2)N=C(c2ccccc2)c2cc(Cl)ccc21. The van der Waals surface area contributed by atoms with Gasteiger partial charge in [0.1, 0.15) is 0 Å². The number of hydrogen-bond acceptors (Lipinski definition) is 5. The Bertz CT molecular complexity index is 1210. The van der Waals surface area contributed by atoms with Gasteiger partial charge in [0.25, 0.3) is 5.91 Å². The Labute approximate surface area is 227 Å². The number of fused-ring (bicyclic) bond motifs is 1. The Morgan fingerprint density at radius 1 is 1.03 bits per heavy atom. The molecule has 0 radical (unpaired) electrons. The maximum atomic E-state index is 13.5. The number of benzodiazepines with no additional fused rings is 1. The summed E-state index contributed by atoms with van der Waals surface area (Å²) >= 11 is 12.1. The summed E-state index contributed by atoms with van der Waals surface area (Å²) in [4.78, 5) is 38.7. The molecule has 3 heterocycles. The van der Waals surface area contributed by atoms with Gasteiger partial charge in [0.15, 0.2) is 5.11 Å². The first-order chi connectivity index (χ1) is 17.9. The quantitative estimate of drug-likeness (QED) is 0.603. The number of amides is 2. The van der Waals surface area contributed by atoms with Gasteiger partial charge in [-0.15, -0.1) is 0 Å². The first-order valence-corrected chi connectivity index (χ1v) is 13.5. The molecular weight excluding hydrogens is 508 g/mol. The van der Waals surface area contributed by atoms with Crippen molar-refractivity contribution in [2.75, 3.05) is 57.8 Å². The number of nitrogens with zero attached hydrogens (tertiary/aromatic N) is 5. The fourth-order valence-electron chi connectivity index (χ4n) is 5.04. The number of carbonyl (C=O) groups excluding carboxylic acids is 2. The second kappa shape index (κ2) is 11.2. The molecule has 0 aliphatic carbocycles. The summed E-state index contributed by atoms with van der Waals surface area (Å²) in [5.74, 6) is 0.00730. The Kier molecular flexibility index (Phi) is 7.73. The van der Waals surface area contributed by atoms with Crippen LogP contribution in [0, 0.1) is 0 Å². The highest BCUT2D eigenvalue weighted by atomic mass is 35.5. The van der Waals surface area contributed by atoms with Crippen LogP contribution < -0.4 is 10.2 Å². The van der Waals surface area contributed by atoms with Gasteiger partial charge < -0.3 is 20.0 Å². The fraction of sp³-hybridized carbons (Fsp3) is 0.407.